The van der Waals surface area contributed by atoms with Crippen molar-refractivity contribution in [2.75, 3.05) is 11.4 Å². The minimum atomic E-state index is -0.933. The molecule has 0 spiro atoms. The first-order valence-corrected chi connectivity index (χ1v) is 6.29. The molecule has 0 aliphatic carbocycles. The molecule has 18 heavy (non-hydrogen) atoms. The number of rotatable bonds is 5. The minimum absolute atomic E-state index is 0.240. The van der Waals surface area contributed by atoms with E-state index in [1.54, 1.807) is 6.07 Å². The van der Waals surface area contributed by atoms with Crippen LogP contribution >= 0.6 is 0 Å². The molecule has 0 bridgehead atoms. The van der Waals surface area contributed by atoms with E-state index in [2.05, 4.69) is 37.6 Å². The molecule has 1 aromatic heterocycles. The average Bonchev–Trinajstić information content (AvgIpc) is 2.25. The molecule has 0 saturated carbocycles. The molecule has 0 aliphatic rings. The first kappa shape index (κ1) is 14.5. The van der Waals surface area contributed by atoms with E-state index in [0.717, 1.165) is 17.9 Å². The Labute approximate surface area is 109 Å². The predicted molar refractivity (Wildman–Crippen MR) is 73.3 cm³/mol. The highest BCUT2D eigenvalue weighted by atomic mass is 16.4. The highest BCUT2D eigenvalue weighted by Crippen LogP contribution is 2.21. The largest absolute Gasteiger partial charge is 0.478 e. The molecule has 0 unspecified atom stereocenters. The van der Waals surface area contributed by atoms with Crippen molar-refractivity contribution in [3.05, 3.63) is 23.4 Å². The van der Waals surface area contributed by atoms with Gasteiger partial charge in [0.15, 0.2) is 0 Å². The second kappa shape index (κ2) is 5.85. The number of aromatic nitrogens is 1. The Morgan fingerprint density at radius 3 is 2.39 bits per heavy atom. The van der Waals surface area contributed by atoms with Crippen LogP contribution in [-0.2, 0) is 0 Å². The number of hydrogen-bond donors (Lipinski definition) is 1. The van der Waals surface area contributed by atoms with Crippen LogP contribution < -0.4 is 4.90 Å². The van der Waals surface area contributed by atoms with Gasteiger partial charge in [-0.25, -0.2) is 9.78 Å². The lowest BCUT2D eigenvalue weighted by molar-refractivity contribution is 0.0696. The third-order valence-corrected chi connectivity index (χ3v) is 2.75. The van der Waals surface area contributed by atoms with Gasteiger partial charge in [0.05, 0.1) is 5.56 Å². The molecule has 0 aliphatic heterocycles. The van der Waals surface area contributed by atoms with Crippen molar-refractivity contribution in [2.24, 2.45) is 5.92 Å². The zero-order valence-electron chi connectivity index (χ0n) is 11.8. The van der Waals surface area contributed by atoms with Gasteiger partial charge in [-0.2, -0.15) is 0 Å². The second-order valence-electron chi connectivity index (χ2n) is 5.31. The summed E-state index contributed by atoms with van der Waals surface area (Å²) in [6, 6.07) is 2.02. The topological polar surface area (TPSA) is 53.4 Å². The van der Waals surface area contributed by atoms with E-state index in [1.165, 1.54) is 6.20 Å². The van der Waals surface area contributed by atoms with Crippen LogP contribution in [0.3, 0.4) is 0 Å². The van der Waals surface area contributed by atoms with Crippen LogP contribution in [0.5, 0.6) is 0 Å². The van der Waals surface area contributed by atoms with Crippen LogP contribution in [0.4, 0.5) is 5.82 Å². The van der Waals surface area contributed by atoms with Crippen LogP contribution in [-0.4, -0.2) is 28.6 Å². The normalized spacial score (nSPS) is 11.1. The van der Waals surface area contributed by atoms with Crippen molar-refractivity contribution in [1.29, 1.82) is 0 Å². The van der Waals surface area contributed by atoms with Crippen LogP contribution in [0.25, 0.3) is 0 Å². The molecule has 0 amide bonds. The lowest BCUT2D eigenvalue weighted by atomic mass is 10.1. The summed E-state index contributed by atoms with van der Waals surface area (Å²) in [4.78, 5) is 17.4. The smallest absolute Gasteiger partial charge is 0.337 e. The van der Waals surface area contributed by atoms with Crippen molar-refractivity contribution in [3.8, 4) is 0 Å². The fourth-order valence-electron chi connectivity index (χ4n) is 1.92. The van der Waals surface area contributed by atoms with E-state index < -0.39 is 5.97 Å². The Hall–Kier alpha value is -1.58. The molecule has 0 aromatic carbocycles. The maximum Gasteiger partial charge on any atom is 0.337 e. The van der Waals surface area contributed by atoms with Crippen molar-refractivity contribution < 1.29 is 9.90 Å². The van der Waals surface area contributed by atoms with Crippen molar-refractivity contribution in [2.45, 2.75) is 40.7 Å². The molecular formula is C14H22N2O2. The van der Waals surface area contributed by atoms with Crippen LogP contribution in [0.1, 0.15) is 43.6 Å². The van der Waals surface area contributed by atoms with Gasteiger partial charge in [-0.15, -0.1) is 0 Å². The van der Waals surface area contributed by atoms with Gasteiger partial charge in [-0.3, -0.25) is 0 Å². The number of aryl methyl sites for hydroxylation is 1. The van der Waals surface area contributed by atoms with E-state index >= 15 is 0 Å². The van der Waals surface area contributed by atoms with Gasteiger partial charge < -0.3 is 10.0 Å². The Bertz CT molecular complexity index is 428. The first-order valence-electron chi connectivity index (χ1n) is 6.29. The number of pyridine rings is 1. The number of carboxylic acid groups (broad SMARTS) is 1. The van der Waals surface area contributed by atoms with Gasteiger partial charge in [0.2, 0.25) is 0 Å². The molecule has 1 rings (SSSR count). The number of hydrogen-bond acceptors (Lipinski definition) is 3. The van der Waals surface area contributed by atoms with Crippen molar-refractivity contribution >= 4 is 11.8 Å². The highest BCUT2D eigenvalue weighted by molar-refractivity contribution is 5.87. The van der Waals surface area contributed by atoms with Crippen molar-refractivity contribution in [3.63, 3.8) is 0 Å². The fourth-order valence-corrected chi connectivity index (χ4v) is 1.92. The molecular weight excluding hydrogens is 228 g/mol. The lowest BCUT2D eigenvalue weighted by Gasteiger charge is -2.30. The first-order chi connectivity index (χ1) is 8.32. The van der Waals surface area contributed by atoms with Crippen LogP contribution in [0.15, 0.2) is 12.3 Å². The number of nitrogens with zero attached hydrogens (tertiary/aromatic N) is 2. The summed E-state index contributed by atoms with van der Waals surface area (Å²) in [6.45, 7) is 11.4. The molecule has 1 aromatic rings. The van der Waals surface area contributed by atoms with Gasteiger partial charge in [-0.1, -0.05) is 13.8 Å². The summed E-state index contributed by atoms with van der Waals surface area (Å²) >= 11 is 0. The second-order valence-corrected chi connectivity index (χ2v) is 5.31. The van der Waals surface area contributed by atoms with E-state index in [-0.39, 0.29) is 5.56 Å². The van der Waals surface area contributed by atoms with Gasteiger partial charge >= 0.3 is 5.97 Å². The van der Waals surface area contributed by atoms with E-state index in [0.29, 0.717) is 12.0 Å². The fraction of sp³-hybridized carbons (Fsp3) is 0.571. The minimum Gasteiger partial charge on any atom is -0.478 e. The molecule has 4 nitrogen and oxygen atoms in total. The molecule has 0 saturated heterocycles. The summed E-state index contributed by atoms with van der Waals surface area (Å²) in [5.74, 6) is 0.480. The maximum atomic E-state index is 10.9. The number of anilines is 1. The van der Waals surface area contributed by atoms with Gasteiger partial charge in [0, 0.05) is 18.8 Å². The summed E-state index contributed by atoms with van der Waals surface area (Å²) in [7, 11) is 0. The third kappa shape index (κ3) is 3.45. The van der Waals surface area contributed by atoms with Gasteiger partial charge in [0.25, 0.3) is 0 Å². The van der Waals surface area contributed by atoms with Gasteiger partial charge in [0.1, 0.15) is 5.82 Å². The van der Waals surface area contributed by atoms with Gasteiger partial charge in [-0.05, 0) is 38.3 Å². The standard InChI is InChI=1S/C14H22N2O2/c1-9(2)8-16(10(3)4)13-11(5)6-12(7-15-13)14(17)18/h6-7,9-10H,8H2,1-5H3,(H,17,18). The summed E-state index contributed by atoms with van der Waals surface area (Å²) in [5.41, 5.74) is 1.15. The molecule has 0 atom stereocenters. The Morgan fingerprint density at radius 2 is 2.00 bits per heavy atom. The molecule has 4 heteroatoms. The van der Waals surface area contributed by atoms with E-state index in [1.807, 2.05) is 6.92 Å². The molecule has 0 fully saturated rings. The zero-order chi connectivity index (χ0) is 13.9. The van der Waals surface area contributed by atoms with E-state index in [4.69, 9.17) is 5.11 Å². The molecule has 1 N–H and O–H groups in total. The van der Waals surface area contributed by atoms with E-state index in [9.17, 15) is 4.79 Å². The maximum absolute atomic E-state index is 10.9. The number of carbonyl (C=O) groups is 1. The zero-order valence-corrected chi connectivity index (χ0v) is 11.8. The quantitative estimate of drug-likeness (QED) is 0.873. The Kier molecular flexibility index (Phi) is 4.70. The Morgan fingerprint density at radius 1 is 1.39 bits per heavy atom. The summed E-state index contributed by atoms with van der Waals surface area (Å²) in [5, 5.41) is 8.94. The van der Waals surface area contributed by atoms with Crippen LogP contribution in [0.2, 0.25) is 0 Å². The monoisotopic (exact) mass is 250 g/mol. The number of aromatic carboxylic acids is 1. The Balaban J connectivity index is 3.09. The molecule has 0 radical (unpaired) electrons. The SMILES string of the molecule is Cc1cc(C(=O)O)cnc1N(CC(C)C)C(C)C. The lowest BCUT2D eigenvalue weighted by Crippen LogP contribution is -2.35. The number of carboxylic acids is 1. The summed E-state index contributed by atoms with van der Waals surface area (Å²) in [6.07, 6.45) is 1.43. The third-order valence-electron chi connectivity index (χ3n) is 2.75. The van der Waals surface area contributed by atoms with Crippen molar-refractivity contribution in [1.82, 2.24) is 4.98 Å². The highest BCUT2D eigenvalue weighted by Gasteiger charge is 2.17. The average molecular weight is 250 g/mol. The summed E-state index contributed by atoms with van der Waals surface area (Å²) < 4.78 is 0. The molecule has 100 valence electrons. The predicted octanol–water partition coefficient (Wildman–Crippen LogP) is 2.96. The van der Waals surface area contributed by atoms with Crippen LogP contribution in [0, 0.1) is 12.8 Å². The molecule has 1 heterocycles.